The monoisotopic (exact) mass is 340 g/mol. The van der Waals surface area contributed by atoms with Crippen molar-refractivity contribution in [2.75, 3.05) is 39.8 Å². The number of amides is 1. The molecule has 0 unspecified atom stereocenters. The molecule has 2 rings (SSSR count). The highest BCUT2D eigenvalue weighted by atomic mass is 79.9. The highest BCUT2D eigenvalue weighted by Crippen LogP contribution is 2.25. The first-order chi connectivity index (χ1) is 9.63. The molecule has 0 radical (unpaired) electrons. The SMILES string of the molecule is CCN1CCN(C(=O)Cc2ccc(OC)c(Br)c2)CC1. The van der Waals surface area contributed by atoms with E-state index < -0.39 is 0 Å². The predicted molar refractivity (Wildman–Crippen MR) is 83.1 cm³/mol. The highest BCUT2D eigenvalue weighted by Gasteiger charge is 2.20. The minimum Gasteiger partial charge on any atom is -0.496 e. The molecule has 1 saturated heterocycles. The highest BCUT2D eigenvalue weighted by molar-refractivity contribution is 9.10. The third-order valence-corrected chi connectivity index (χ3v) is 4.36. The fourth-order valence-corrected chi connectivity index (χ4v) is 3.01. The van der Waals surface area contributed by atoms with Crippen LogP contribution in [0.3, 0.4) is 0 Å². The molecule has 1 fully saturated rings. The molecule has 5 heteroatoms. The van der Waals surface area contributed by atoms with Crippen molar-refractivity contribution in [1.82, 2.24) is 9.80 Å². The Morgan fingerprint density at radius 1 is 1.30 bits per heavy atom. The molecule has 0 bridgehead atoms. The summed E-state index contributed by atoms with van der Waals surface area (Å²) in [7, 11) is 1.64. The third-order valence-electron chi connectivity index (χ3n) is 3.74. The van der Waals surface area contributed by atoms with Gasteiger partial charge in [0.25, 0.3) is 0 Å². The Hall–Kier alpha value is -1.07. The number of hydrogen-bond donors (Lipinski definition) is 0. The number of methoxy groups -OCH3 is 1. The summed E-state index contributed by atoms with van der Waals surface area (Å²) in [5, 5.41) is 0. The summed E-state index contributed by atoms with van der Waals surface area (Å²) >= 11 is 3.45. The molecule has 1 aliphatic rings. The van der Waals surface area contributed by atoms with Crippen LogP contribution in [0.5, 0.6) is 5.75 Å². The van der Waals surface area contributed by atoms with Gasteiger partial charge in [-0.15, -0.1) is 0 Å². The third kappa shape index (κ3) is 3.73. The van der Waals surface area contributed by atoms with Crippen LogP contribution < -0.4 is 4.74 Å². The number of ether oxygens (including phenoxy) is 1. The van der Waals surface area contributed by atoms with Crippen molar-refractivity contribution in [2.45, 2.75) is 13.3 Å². The van der Waals surface area contributed by atoms with E-state index in [0.29, 0.717) is 6.42 Å². The van der Waals surface area contributed by atoms with Crippen LogP contribution in [0.15, 0.2) is 22.7 Å². The topological polar surface area (TPSA) is 32.8 Å². The van der Waals surface area contributed by atoms with E-state index in [9.17, 15) is 4.79 Å². The lowest BCUT2D eigenvalue weighted by Gasteiger charge is -2.34. The van der Waals surface area contributed by atoms with Gasteiger partial charge in [0.05, 0.1) is 18.0 Å². The van der Waals surface area contributed by atoms with Gasteiger partial charge in [0, 0.05) is 26.2 Å². The van der Waals surface area contributed by atoms with Crippen LogP contribution in [0.25, 0.3) is 0 Å². The first-order valence-corrected chi connectivity index (χ1v) is 7.76. The van der Waals surface area contributed by atoms with Crippen molar-refractivity contribution in [3.63, 3.8) is 0 Å². The second-order valence-electron chi connectivity index (χ2n) is 4.96. The van der Waals surface area contributed by atoms with Gasteiger partial charge in [-0.25, -0.2) is 0 Å². The van der Waals surface area contributed by atoms with Gasteiger partial charge in [-0.2, -0.15) is 0 Å². The Labute approximate surface area is 128 Å². The maximum atomic E-state index is 12.3. The number of likely N-dealkylation sites (N-methyl/N-ethyl adjacent to an activating group) is 1. The molecule has 1 aromatic carbocycles. The summed E-state index contributed by atoms with van der Waals surface area (Å²) in [5.41, 5.74) is 1.01. The molecule has 1 aromatic rings. The predicted octanol–water partition coefficient (Wildman–Crippen LogP) is 2.16. The summed E-state index contributed by atoms with van der Waals surface area (Å²) in [6.07, 6.45) is 0.453. The maximum absolute atomic E-state index is 12.3. The van der Waals surface area contributed by atoms with Crippen molar-refractivity contribution in [1.29, 1.82) is 0 Å². The second-order valence-corrected chi connectivity index (χ2v) is 5.82. The number of carbonyl (C=O) groups is 1. The molecule has 0 N–H and O–H groups in total. The summed E-state index contributed by atoms with van der Waals surface area (Å²) in [5.74, 6) is 0.996. The van der Waals surface area contributed by atoms with E-state index in [1.807, 2.05) is 23.1 Å². The summed E-state index contributed by atoms with van der Waals surface area (Å²) < 4.78 is 6.09. The molecule has 0 spiro atoms. The van der Waals surface area contributed by atoms with Gasteiger partial charge in [0.1, 0.15) is 5.75 Å². The summed E-state index contributed by atoms with van der Waals surface area (Å²) in [6.45, 7) is 6.86. The van der Waals surface area contributed by atoms with Crippen molar-refractivity contribution in [2.24, 2.45) is 0 Å². The van der Waals surface area contributed by atoms with Crippen LogP contribution in [-0.2, 0) is 11.2 Å². The van der Waals surface area contributed by atoms with E-state index in [0.717, 1.165) is 48.5 Å². The molecule has 0 saturated carbocycles. The van der Waals surface area contributed by atoms with Gasteiger partial charge < -0.3 is 14.5 Å². The molecule has 4 nitrogen and oxygen atoms in total. The van der Waals surface area contributed by atoms with Crippen molar-refractivity contribution >= 4 is 21.8 Å². The Morgan fingerprint density at radius 2 is 2.00 bits per heavy atom. The lowest BCUT2D eigenvalue weighted by atomic mass is 10.1. The molecular weight excluding hydrogens is 320 g/mol. The zero-order valence-electron chi connectivity index (χ0n) is 12.1. The Bertz CT molecular complexity index is 471. The fraction of sp³-hybridized carbons (Fsp3) is 0.533. The van der Waals surface area contributed by atoms with Crippen LogP contribution in [-0.4, -0.2) is 55.5 Å². The van der Waals surface area contributed by atoms with Gasteiger partial charge in [0.15, 0.2) is 0 Å². The van der Waals surface area contributed by atoms with Gasteiger partial charge in [-0.1, -0.05) is 13.0 Å². The van der Waals surface area contributed by atoms with Gasteiger partial charge in [-0.05, 0) is 40.2 Å². The van der Waals surface area contributed by atoms with Crippen LogP contribution in [0, 0.1) is 0 Å². The van der Waals surface area contributed by atoms with E-state index in [2.05, 4.69) is 27.8 Å². The second kappa shape index (κ2) is 7.09. The minimum absolute atomic E-state index is 0.206. The van der Waals surface area contributed by atoms with Gasteiger partial charge in [-0.3, -0.25) is 4.79 Å². The van der Waals surface area contributed by atoms with E-state index in [1.165, 1.54) is 0 Å². The minimum atomic E-state index is 0.206. The standard InChI is InChI=1S/C15H21BrN2O2/c1-3-17-6-8-18(9-7-17)15(19)11-12-4-5-14(20-2)13(16)10-12/h4-5,10H,3,6-9,11H2,1-2H3. The number of nitrogens with zero attached hydrogens (tertiary/aromatic N) is 2. The fourth-order valence-electron chi connectivity index (χ4n) is 2.42. The molecule has 0 aliphatic carbocycles. The van der Waals surface area contributed by atoms with Crippen LogP contribution in [0.4, 0.5) is 0 Å². The van der Waals surface area contributed by atoms with E-state index in [-0.39, 0.29) is 5.91 Å². The molecule has 1 aliphatic heterocycles. The largest absolute Gasteiger partial charge is 0.496 e. The first kappa shape index (κ1) is 15.3. The average molecular weight is 341 g/mol. The van der Waals surface area contributed by atoms with Gasteiger partial charge >= 0.3 is 0 Å². The van der Waals surface area contributed by atoms with Crippen LogP contribution in [0.1, 0.15) is 12.5 Å². The number of benzene rings is 1. The average Bonchev–Trinajstić information content (AvgIpc) is 2.47. The molecule has 1 amide bonds. The van der Waals surface area contributed by atoms with Gasteiger partial charge in [0.2, 0.25) is 5.91 Å². The number of piperazine rings is 1. The molecule has 110 valence electrons. The molecule has 0 atom stereocenters. The van der Waals surface area contributed by atoms with E-state index in [4.69, 9.17) is 4.74 Å². The molecule has 1 heterocycles. The number of rotatable bonds is 4. The van der Waals surface area contributed by atoms with Crippen molar-refractivity contribution < 1.29 is 9.53 Å². The van der Waals surface area contributed by atoms with Crippen molar-refractivity contribution in [3.8, 4) is 5.75 Å². The van der Waals surface area contributed by atoms with Crippen LogP contribution >= 0.6 is 15.9 Å². The molecule has 0 aromatic heterocycles. The summed E-state index contributed by atoms with van der Waals surface area (Å²) in [6, 6.07) is 5.80. The zero-order valence-corrected chi connectivity index (χ0v) is 13.6. The van der Waals surface area contributed by atoms with Crippen LogP contribution in [0.2, 0.25) is 0 Å². The quantitative estimate of drug-likeness (QED) is 0.842. The maximum Gasteiger partial charge on any atom is 0.227 e. The van der Waals surface area contributed by atoms with Crippen molar-refractivity contribution in [3.05, 3.63) is 28.2 Å². The lowest BCUT2D eigenvalue weighted by Crippen LogP contribution is -2.48. The Balaban J connectivity index is 1.93. The summed E-state index contributed by atoms with van der Waals surface area (Å²) in [4.78, 5) is 16.6. The molecule has 20 heavy (non-hydrogen) atoms. The Morgan fingerprint density at radius 3 is 2.55 bits per heavy atom. The number of carbonyl (C=O) groups excluding carboxylic acids is 1. The normalized spacial score (nSPS) is 16.2. The first-order valence-electron chi connectivity index (χ1n) is 6.96. The number of hydrogen-bond acceptors (Lipinski definition) is 3. The smallest absolute Gasteiger partial charge is 0.227 e. The van der Waals surface area contributed by atoms with E-state index >= 15 is 0 Å². The van der Waals surface area contributed by atoms with E-state index in [1.54, 1.807) is 7.11 Å². The zero-order chi connectivity index (χ0) is 14.5. The molecular formula is C15H21BrN2O2. The Kier molecular flexibility index (Phi) is 5.43. The lowest BCUT2D eigenvalue weighted by molar-refractivity contribution is -0.132. The number of halogens is 1.